The summed E-state index contributed by atoms with van der Waals surface area (Å²) in [4.78, 5) is 0. The van der Waals surface area contributed by atoms with Gasteiger partial charge in [-0.2, -0.15) is 0 Å². The van der Waals surface area contributed by atoms with Crippen LogP contribution in [0.5, 0.6) is 0 Å². The Morgan fingerprint density at radius 1 is 1.42 bits per heavy atom. The lowest BCUT2D eigenvalue weighted by atomic mass is 9.96. The molecular weight excluding hydrogens is 318 g/mol. The molecule has 19 heavy (non-hydrogen) atoms. The first-order valence-electron chi connectivity index (χ1n) is 6.34. The van der Waals surface area contributed by atoms with Crippen LogP contribution >= 0.6 is 15.9 Å². The summed E-state index contributed by atoms with van der Waals surface area (Å²) < 4.78 is 33.7. The average Bonchev–Trinajstić information content (AvgIpc) is 2.43. The van der Waals surface area contributed by atoms with Crippen molar-refractivity contribution in [1.29, 1.82) is 0 Å². The molecule has 3 N–H and O–H groups in total. The van der Waals surface area contributed by atoms with Crippen LogP contribution in [0.15, 0.2) is 16.6 Å². The average molecular weight is 335 g/mol. The van der Waals surface area contributed by atoms with E-state index in [-0.39, 0.29) is 16.1 Å². The summed E-state index contributed by atoms with van der Waals surface area (Å²) in [5, 5.41) is 0. The van der Waals surface area contributed by atoms with Crippen LogP contribution < -0.4 is 11.3 Å². The van der Waals surface area contributed by atoms with Crippen molar-refractivity contribution in [3.8, 4) is 0 Å². The predicted octanol–water partition coefficient (Wildman–Crippen LogP) is 3.19. The molecule has 0 bridgehead atoms. The molecule has 2 atom stereocenters. The summed E-state index contributed by atoms with van der Waals surface area (Å²) >= 11 is 3.06. The Labute approximate surface area is 119 Å². The summed E-state index contributed by atoms with van der Waals surface area (Å²) in [7, 11) is 0. The molecule has 0 radical (unpaired) electrons. The van der Waals surface area contributed by atoms with Crippen molar-refractivity contribution in [2.24, 2.45) is 5.84 Å². The highest BCUT2D eigenvalue weighted by molar-refractivity contribution is 9.10. The Morgan fingerprint density at radius 2 is 2.21 bits per heavy atom. The van der Waals surface area contributed by atoms with Crippen LogP contribution in [0.1, 0.15) is 37.3 Å². The van der Waals surface area contributed by atoms with Crippen LogP contribution in [0.4, 0.5) is 8.78 Å². The third-order valence-electron chi connectivity index (χ3n) is 3.40. The predicted molar refractivity (Wildman–Crippen MR) is 72.3 cm³/mol. The zero-order chi connectivity index (χ0) is 13.8. The van der Waals surface area contributed by atoms with Crippen LogP contribution in [0, 0.1) is 11.6 Å². The minimum atomic E-state index is -0.612. The molecule has 0 aliphatic carbocycles. The third-order valence-corrected chi connectivity index (χ3v) is 4.01. The first-order chi connectivity index (χ1) is 9.13. The summed E-state index contributed by atoms with van der Waals surface area (Å²) in [6.45, 7) is 0.700. The van der Waals surface area contributed by atoms with E-state index >= 15 is 0 Å². The Hall–Kier alpha value is -0.560. The number of hydrogen-bond donors (Lipinski definition) is 2. The van der Waals surface area contributed by atoms with Gasteiger partial charge >= 0.3 is 0 Å². The van der Waals surface area contributed by atoms with Gasteiger partial charge < -0.3 is 4.74 Å². The molecule has 2 unspecified atom stereocenters. The summed E-state index contributed by atoms with van der Waals surface area (Å²) in [5.74, 6) is 4.25. The number of benzene rings is 1. The van der Waals surface area contributed by atoms with Gasteiger partial charge in [0, 0.05) is 12.2 Å². The SMILES string of the molecule is NNC(CC1CCCCO1)c1c(F)ccc(Br)c1F. The number of hydrogen-bond acceptors (Lipinski definition) is 3. The second-order valence-electron chi connectivity index (χ2n) is 4.70. The van der Waals surface area contributed by atoms with E-state index in [1.165, 1.54) is 12.1 Å². The van der Waals surface area contributed by atoms with E-state index in [9.17, 15) is 8.78 Å². The molecule has 0 saturated carbocycles. The molecule has 1 aliphatic heterocycles. The number of nitrogens with two attached hydrogens (primary N) is 1. The maximum absolute atomic E-state index is 14.0. The highest BCUT2D eigenvalue weighted by Gasteiger charge is 2.25. The second-order valence-corrected chi connectivity index (χ2v) is 5.55. The first-order valence-corrected chi connectivity index (χ1v) is 7.14. The van der Waals surface area contributed by atoms with E-state index in [1.54, 1.807) is 0 Å². The molecule has 3 nitrogen and oxygen atoms in total. The monoisotopic (exact) mass is 334 g/mol. The maximum atomic E-state index is 14.0. The van der Waals surface area contributed by atoms with Crippen LogP contribution in [0.25, 0.3) is 0 Å². The standard InChI is InChI=1S/C13H17BrF2N2O/c14-9-4-5-10(15)12(13(9)16)11(18-17)7-8-3-1-2-6-19-8/h4-5,8,11,18H,1-3,6-7,17H2. The highest BCUT2D eigenvalue weighted by Crippen LogP contribution is 2.30. The van der Waals surface area contributed by atoms with Gasteiger partial charge in [-0.1, -0.05) is 0 Å². The molecular formula is C13H17BrF2N2O. The fraction of sp³-hybridized carbons (Fsp3) is 0.538. The summed E-state index contributed by atoms with van der Waals surface area (Å²) in [6.07, 6.45) is 3.46. The van der Waals surface area contributed by atoms with Gasteiger partial charge in [-0.05, 0) is 53.7 Å². The topological polar surface area (TPSA) is 47.3 Å². The Kier molecular flexibility index (Phi) is 5.27. The summed E-state index contributed by atoms with van der Waals surface area (Å²) in [5.41, 5.74) is 2.46. The van der Waals surface area contributed by atoms with Crippen molar-refractivity contribution < 1.29 is 13.5 Å². The van der Waals surface area contributed by atoms with Gasteiger partial charge in [0.2, 0.25) is 0 Å². The molecule has 1 saturated heterocycles. The fourth-order valence-electron chi connectivity index (χ4n) is 2.39. The van der Waals surface area contributed by atoms with Gasteiger partial charge in [0.05, 0.1) is 16.6 Å². The van der Waals surface area contributed by atoms with Gasteiger partial charge in [0.1, 0.15) is 11.6 Å². The van der Waals surface area contributed by atoms with E-state index in [2.05, 4.69) is 21.4 Å². The molecule has 1 aliphatic rings. The lowest BCUT2D eigenvalue weighted by molar-refractivity contribution is 0.00461. The molecule has 6 heteroatoms. The number of rotatable bonds is 4. The van der Waals surface area contributed by atoms with E-state index < -0.39 is 17.7 Å². The molecule has 1 aromatic carbocycles. The van der Waals surface area contributed by atoms with E-state index in [0.29, 0.717) is 13.0 Å². The zero-order valence-electron chi connectivity index (χ0n) is 10.5. The Balaban J connectivity index is 2.19. The number of ether oxygens (including phenoxy) is 1. The van der Waals surface area contributed by atoms with Crippen LogP contribution in [0.3, 0.4) is 0 Å². The third kappa shape index (κ3) is 3.51. The quantitative estimate of drug-likeness (QED) is 0.505. The van der Waals surface area contributed by atoms with Crippen LogP contribution in [-0.2, 0) is 4.74 Å². The largest absolute Gasteiger partial charge is 0.378 e. The molecule has 1 aromatic rings. The molecule has 1 heterocycles. The minimum absolute atomic E-state index is 0.00687. The molecule has 106 valence electrons. The zero-order valence-corrected chi connectivity index (χ0v) is 12.1. The lowest BCUT2D eigenvalue weighted by Gasteiger charge is -2.27. The molecule has 0 aromatic heterocycles. The Bertz CT molecular complexity index is 439. The molecule has 0 amide bonds. The smallest absolute Gasteiger partial charge is 0.145 e. The van der Waals surface area contributed by atoms with E-state index in [1.807, 2.05) is 0 Å². The van der Waals surface area contributed by atoms with Crippen molar-refractivity contribution in [3.05, 3.63) is 33.8 Å². The normalized spacial score (nSPS) is 21.4. The van der Waals surface area contributed by atoms with Gasteiger partial charge in [0.25, 0.3) is 0 Å². The van der Waals surface area contributed by atoms with Crippen molar-refractivity contribution in [2.75, 3.05) is 6.61 Å². The van der Waals surface area contributed by atoms with Gasteiger partial charge in [0.15, 0.2) is 0 Å². The first kappa shape index (κ1) is 14.8. The second kappa shape index (κ2) is 6.74. The van der Waals surface area contributed by atoms with Crippen molar-refractivity contribution in [1.82, 2.24) is 5.43 Å². The van der Waals surface area contributed by atoms with E-state index in [4.69, 9.17) is 10.6 Å². The van der Waals surface area contributed by atoms with Gasteiger partial charge in [-0.3, -0.25) is 11.3 Å². The summed E-state index contributed by atoms with van der Waals surface area (Å²) in [6, 6.07) is 1.98. The van der Waals surface area contributed by atoms with Gasteiger partial charge in [-0.15, -0.1) is 0 Å². The lowest BCUT2D eigenvalue weighted by Crippen LogP contribution is -2.34. The fourth-order valence-corrected chi connectivity index (χ4v) is 2.73. The highest BCUT2D eigenvalue weighted by atomic mass is 79.9. The van der Waals surface area contributed by atoms with Gasteiger partial charge in [-0.25, -0.2) is 8.78 Å². The molecule has 1 fully saturated rings. The minimum Gasteiger partial charge on any atom is -0.378 e. The Morgan fingerprint density at radius 3 is 2.84 bits per heavy atom. The maximum Gasteiger partial charge on any atom is 0.145 e. The van der Waals surface area contributed by atoms with Crippen LogP contribution in [-0.4, -0.2) is 12.7 Å². The van der Waals surface area contributed by atoms with Crippen molar-refractivity contribution >= 4 is 15.9 Å². The molecule has 0 spiro atoms. The number of hydrazine groups is 1. The van der Waals surface area contributed by atoms with Crippen molar-refractivity contribution in [3.63, 3.8) is 0 Å². The van der Waals surface area contributed by atoms with Crippen molar-refractivity contribution in [2.45, 2.75) is 37.8 Å². The van der Waals surface area contributed by atoms with Crippen LogP contribution in [0.2, 0.25) is 0 Å². The molecule has 2 rings (SSSR count). The van der Waals surface area contributed by atoms with E-state index in [0.717, 1.165) is 19.3 Å². The number of nitrogens with one attached hydrogen (secondary N) is 1. The number of halogens is 3.